The molecule has 0 fully saturated rings. The number of amides is 1. The minimum absolute atomic E-state index is 0.0461. The van der Waals surface area contributed by atoms with Crippen molar-refractivity contribution >= 4 is 11.6 Å². The van der Waals surface area contributed by atoms with Crippen molar-refractivity contribution in [2.45, 2.75) is 20.3 Å². The molecule has 0 unspecified atom stereocenters. The number of alkyl halides is 2. The number of aliphatic hydroxyl groups excluding tert-OH is 1. The second-order valence-electron chi connectivity index (χ2n) is 4.66. The van der Waals surface area contributed by atoms with Gasteiger partial charge in [0.05, 0.1) is 19.7 Å². The van der Waals surface area contributed by atoms with Crippen LogP contribution < -0.4 is 5.32 Å². The number of carbonyl (C=O) groups excluding carboxylic acids is 1. The van der Waals surface area contributed by atoms with Crippen molar-refractivity contribution in [1.82, 2.24) is 4.90 Å². The van der Waals surface area contributed by atoms with Gasteiger partial charge in [-0.2, -0.15) is 0 Å². The maximum atomic E-state index is 12.4. The van der Waals surface area contributed by atoms with Crippen LogP contribution in [0.4, 0.5) is 14.5 Å². The van der Waals surface area contributed by atoms with Crippen LogP contribution in [0.15, 0.2) is 18.2 Å². The summed E-state index contributed by atoms with van der Waals surface area (Å²) in [5.74, 6) is -0.364. The minimum Gasteiger partial charge on any atom is -0.395 e. The number of rotatable bonds is 7. The normalized spacial score (nSPS) is 11.2. The van der Waals surface area contributed by atoms with E-state index in [0.717, 1.165) is 11.1 Å². The molecule has 0 aliphatic carbocycles. The standard InChI is InChI=1S/C14H20F2N2O2/c1-10-4-3-5-11(2)14(10)17-13(20)9-18(6-7-19)8-12(15)16/h3-5,12,19H,6-9H2,1-2H3,(H,17,20). The number of carbonyl (C=O) groups is 1. The van der Waals surface area contributed by atoms with Crippen molar-refractivity contribution in [3.63, 3.8) is 0 Å². The van der Waals surface area contributed by atoms with Crippen molar-refractivity contribution in [1.29, 1.82) is 0 Å². The number of aliphatic hydroxyl groups is 1. The monoisotopic (exact) mass is 286 g/mol. The van der Waals surface area contributed by atoms with Crippen molar-refractivity contribution in [2.24, 2.45) is 0 Å². The Hall–Kier alpha value is -1.53. The lowest BCUT2D eigenvalue weighted by Gasteiger charge is -2.20. The van der Waals surface area contributed by atoms with Gasteiger partial charge in [0.15, 0.2) is 0 Å². The van der Waals surface area contributed by atoms with E-state index in [2.05, 4.69) is 5.32 Å². The summed E-state index contributed by atoms with van der Waals surface area (Å²) in [6, 6.07) is 5.62. The maximum Gasteiger partial charge on any atom is 0.251 e. The maximum absolute atomic E-state index is 12.4. The molecule has 0 aliphatic heterocycles. The molecule has 0 bridgehead atoms. The molecule has 112 valence electrons. The number of benzene rings is 1. The molecule has 0 aliphatic rings. The molecule has 0 aromatic heterocycles. The van der Waals surface area contributed by atoms with Gasteiger partial charge in [0.25, 0.3) is 6.43 Å². The van der Waals surface area contributed by atoms with E-state index >= 15 is 0 Å². The van der Waals surface area contributed by atoms with E-state index in [9.17, 15) is 13.6 Å². The smallest absolute Gasteiger partial charge is 0.251 e. The molecule has 2 N–H and O–H groups in total. The molecule has 4 nitrogen and oxygen atoms in total. The number of hydrogen-bond donors (Lipinski definition) is 2. The average molecular weight is 286 g/mol. The highest BCUT2D eigenvalue weighted by Gasteiger charge is 2.16. The SMILES string of the molecule is Cc1cccc(C)c1NC(=O)CN(CCO)CC(F)F. The predicted molar refractivity (Wildman–Crippen MR) is 74.1 cm³/mol. The number of para-hydroxylation sites is 1. The molecular formula is C14H20F2N2O2. The summed E-state index contributed by atoms with van der Waals surface area (Å²) in [5, 5.41) is 11.6. The molecule has 0 spiro atoms. The highest BCUT2D eigenvalue weighted by Crippen LogP contribution is 2.19. The second kappa shape index (κ2) is 7.91. The third-order valence-electron chi connectivity index (χ3n) is 2.93. The molecule has 0 heterocycles. The van der Waals surface area contributed by atoms with Gasteiger partial charge in [0.1, 0.15) is 0 Å². The van der Waals surface area contributed by atoms with Gasteiger partial charge in [-0.25, -0.2) is 8.78 Å². The first kappa shape index (κ1) is 16.5. The van der Waals surface area contributed by atoms with Crippen molar-refractivity contribution < 1.29 is 18.7 Å². The third kappa shape index (κ3) is 5.22. The van der Waals surface area contributed by atoms with Crippen LogP contribution in [0.3, 0.4) is 0 Å². The molecule has 0 atom stereocenters. The molecule has 6 heteroatoms. The van der Waals surface area contributed by atoms with E-state index in [4.69, 9.17) is 5.11 Å². The van der Waals surface area contributed by atoms with Gasteiger partial charge in [-0.15, -0.1) is 0 Å². The van der Waals surface area contributed by atoms with Crippen LogP contribution in [0.1, 0.15) is 11.1 Å². The zero-order valence-electron chi connectivity index (χ0n) is 11.7. The summed E-state index contributed by atoms with van der Waals surface area (Å²) in [5.41, 5.74) is 2.54. The van der Waals surface area contributed by atoms with Crippen molar-refractivity contribution in [2.75, 3.05) is 31.6 Å². The summed E-state index contributed by atoms with van der Waals surface area (Å²) < 4.78 is 24.7. The summed E-state index contributed by atoms with van der Waals surface area (Å²) in [6.07, 6.45) is -2.53. The molecular weight excluding hydrogens is 266 g/mol. The molecule has 0 radical (unpaired) electrons. The highest BCUT2D eigenvalue weighted by atomic mass is 19.3. The molecule has 1 amide bonds. The molecule has 1 rings (SSSR count). The first-order valence-electron chi connectivity index (χ1n) is 6.41. The molecule has 1 aromatic carbocycles. The Kier molecular flexibility index (Phi) is 6.54. The highest BCUT2D eigenvalue weighted by molar-refractivity contribution is 5.93. The van der Waals surface area contributed by atoms with E-state index in [1.807, 2.05) is 32.0 Å². The van der Waals surface area contributed by atoms with Gasteiger partial charge < -0.3 is 10.4 Å². The molecule has 0 saturated carbocycles. The van der Waals surface area contributed by atoms with E-state index < -0.39 is 13.0 Å². The van der Waals surface area contributed by atoms with Gasteiger partial charge in [0, 0.05) is 12.2 Å². The topological polar surface area (TPSA) is 52.6 Å². The van der Waals surface area contributed by atoms with Gasteiger partial charge in [0.2, 0.25) is 5.91 Å². The van der Waals surface area contributed by atoms with Crippen LogP contribution in [0.5, 0.6) is 0 Å². The van der Waals surface area contributed by atoms with E-state index in [0.29, 0.717) is 5.69 Å². The Balaban J connectivity index is 2.65. The fourth-order valence-electron chi connectivity index (χ4n) is 1.97. The van der Waals surface area contributed by atoms with Crippen LogP contribution in [-0.2, 0) is 4.79 Å². The predicted octanol–water partition coefficient (Wildman–Crippen LogP) is 1.80. The van der Waals surface area contributed by atoms with Gasteiger partial charge in [-0.05, 0) is 25.0 Å². The number of aryl methyl sites for hydroxylation is 2. The lowest BCUT2D eigenvalue weighted by atomic mass is 10.1. The Labute approximate surface area is 117 Å². The van der Waals surface area contributed by atoms with Crippen LogP contribution in [0.25, 0.3) is 0 Å². The Bertz CT molecular complexity index is 433. The Morgan fingerprint density at radius 1 is 1.35 bits per heavy atom. The van der Waals surface area contributed by atoms with E-state index in [1.165, 1.54) is 4.90 Å². The first-order chi connectivity index (χ1) is 9.43. The number of halogens is 2. The summed E-state index contributed by atoms with van der Waals surface area (Å²) >= 11 is 0. The van der Waals surface area contributed by atoms with Gasteiger partial charge in [-0.1, -0.05) is 18.2 Å². The second-order valence-corrected chi connectivity index (χ2v) is 4.66. The summed E-state index contributed by atoms with van der Waals surface area (Å²) in [7, 11) is 0. The minimum atomic E-state index is -2.53. The fourth-order valence-corrected chi connectivity index (χ4v) is 1.97. The Morgan fingerprint density at radius 2 is 1.95 bits per heavy atom. The number of nitrogens with zero attached hydrogens (tertiary/aromatic N) is 1. The lowest BCUT2D eigenvalue weighted by molar-refractivity contribution is -0.117. The molecule has 20 heavy (non-hydrogen) atoms. The van der Waals surface area contributed by atoms with Crippen LogP contribution in [0, 0.1) is 13.8 Å². The zero-order chi connectivity index (χ0) is 15.1. The quantitative estimate of drug-likeness (QED) is 0.803. The van der Waals surface area contributed by atoms with Gasteiger partial charge >= 0.3 is 0 Å². The summed E-state index contributed by atoms with van der Waals surface area (Å²) in [6.45, 7) is 2.83. The van der Waals surface area contributed by atoms with Crippen LogP contribution in [0.2, 0.25) is 0 Å². The van der Waals surface area contributed by atoms with E-state index in [1.54, 1.807) is 0 Å². The lowest BCUT2D eigenvalue weighted by Crippen LogP contribution is -2.38. The first-order valence-corrected chi connectivity index (χ1v) is 6.41. The molecule has 0 saturated heterocycles. The van der Waals surface area contributed by atoms with Crippen LogP contribution in [-0.4, -0.2) is 48.6 Å². The number of hydrogen-bond acceptors (Lipinski definition) is 3. The largest absolute Gasteiger partial charge is 0.395 e. The van der Waals surface area contributed by atoms with Crippen molar-refractivity contribution in [3.8, 4) is 0 Å². The van der Waals surface area contributed by atoms with E-state index in [-0.39, 0.29) is 25.6 Å². The summed E-state index contributed by atoms with van der Waals surface area (Å²) in [4.78, 5) is 13.1. The van der Waals surface area contributed by atoms with Crippen LogP contribution >= 0.6 is 0 Å². The zero-order valence-corrected chi connectivity index (χ0v) is 11.7. The number of anilines is 1. The number of nitrogens with one attached hydrogen (secondary N) is 1. The molecule has 1 aromatic rings. The average Bonchev–Trinajstić information content (AvgIpc) is 2.33. The van der Waals surface area contributed by atoms with Gasteiger partial charge in [-0.3, -0.25) is 9.69 Å². The Morgan fingerprint density at radius 3 is 2.45 bits per heavy atom. The third-order valence-corrected chi connectivity index (χ3v) is 2.93. The van der Waals surface area contributed by atoms with Crippen molar-refractivity contribution in [3.05, 3.63) is 29.3 Å². The fraction of sp³-hybridized carbons (Fsp3) is 0.500.